The summed E-state index contributed by atoms with van der Waals surface area (Å²) in [6.45, 7) is -0.154. The molecular formula is C22H21ClN2O5S. The van der Waals surface area contributed by atoms with Crippen LogP contribution in [0.15, 0.2) is 77.7 Å². The van der Waals surface area contributed by atoms with Crippen LogP contribution < -0.4 is 19.5 Å². The van der Waals surface area contributed by atoms with Gasteiger partial charge in [0.25, 0.3) is 5.91 Å². The molecule has 0 heterocycles. The van der Waals surface area contributed by atoms with E-state index in [1.165, 1.54) is 25.3 Å². The Hall–Kier alpha value is -3.07. The minimum absolute atomic E-state index is 0.000690. The van der Waals surface area contributed by atoms with Crippen LogP contribution in [-0.2, 0) is 21.4 Å². The SMILES string of the molecule is COc1ccccc1NC(=O)COc1ccc(S(=O)(=O)NCc2ccccc2)cc1Cl. The molecule has 1 amide bonds. The van der Waals surface area contributed by atoms with Crippen molar-refractivity contribution in [1.82, 2.24) is 4.72 Å². The van der Waals surface area contributed by atoms with E-state index in [-0.39, 0.29) is 28.8 Å². The summed E-state index contributed by atoms with van der Waals surface area (Å²) in [7, 11) is -2.26. The molecule has 3 aromatic carbocycles. The van der Waals surface area contributed by atoms with Crippen LogP contribution in [0.3, 0.4) is 0 Å². The van der Waals surface area contributed by atoms with Gasteiger partial charge in [-0.3, -0.25) is 4.79 Å². The zero-order valence-electron chi connectivity index (χ0n) is 16.7. The van der Waals surface area contributed by atoms with Gasteiger partial charge in [0.15, 0.2) is 6.61 Å². The Morgan fingerprint density at radius 1 is 0.968 bits per heavy atom. The van der Waals surface area contributed by atoms with Crippen LogP contribution in [0.4, 0.5) is 5.69 Å². The summed E-state index contributed by atoms with van der Waals surface area (Å²) < 4.78 is 38.2. The maximum Gasteiger partial charge on any atom is 0.262 e. The molecule has 0 atom stereocenters. The molecule has 7 nitrogen and oxygen atoms in total. The summed E-state index contributed by atoms with van der Waals surface area (Å²) >= 11 is 6.18. The number of hydrogen-bond donors (Lipinski definition) is 2. The highest BCUT2D eigenvalue weighted by Crippen LogP contribution is 2.28. The molecule has 0 unspecified atom stereocenters. The summed E-state index contributed by atoms with van der Waals surface area (Å²) in [6.07, 6.45) is 0. The summed E-state index contributed by atoms with van der Waals surface area (Å²) in [4.78, 5) is 12.2. The van der Waals surface area contributed by atoms with Crippen molar-refractivity contribution >= 4 is 33.2 Å². The van der Waals surface area contributed by atoms with Gasteiger partial charge >= 0.3 is 0 Å². The molecule has 0 radical (unpaired) electrons. The van der Waals surface area contributed by atoms with Crippen molar-refractivity contribution < 1.29 is 22.7 Å². The Bertz CT molecular complexity index is 1150. The Kier molecular flexibility index (Phi) is 7.51. The summed E-state index contributed by atoms with van der Waals surface area (Å²) in [6, 6.07) is 20.2. The molecule has 0 aromatic heterocycles. The normalized spacial score (nSPS) is 11.0. The molecule has 162 valence electrons. The van der Waals surface area contributed by atoms with E-state index >= 15 is 0 Å². The molecule has 9 heteroatoms. The average molecular weight is 461 g/mol. The van der Waals surface area contributed by atoms with E-state index in [1.54, 1.807) is 24.3 Å². The lowest BCUT2D eigenvalue weighted by molar-refractivity contribution is -0.118. The van der Waals surface area contributed by atoms with Gasteiger partial charge in [0.1, 0.15) is 11.5 Å². The lowest BCUT2D eigenvalue weighted by Gasteiger charge is -2.12. The topological polar surface area (TPSA) is 93.7 Å². The van der Waals surface area contributed by atoms with E-state index in [9.17, 15) is 13.2 Å². The highest BCUT2D eigenvalue weighted by molar-refractivity contribution is 7.89. The van der Waals surface area contributed by atoms with E-state index in [0.717, 1.165) is 5.56 Å². The van der Waals surface area contributed by atoms with Gasteiger partial charge in [-0.15, -0.1) is 0 Å². The second-order valence-corrected chi connectivity index (χ2v) is 8.61. The van der Waals surface area contributed by atoms with Gasteiger partial charge in [-0.05, 0) is 35.9 Å². The predicted octanol–water partition coefficient (Wildman–Crippen LogP) is 3.84. The van der Waals surface area contributed by atoms with Crippen molar-refractivity contribution in [3.8, 4) is 11.5 Å². The van der Waals surface area contributed by atoms with Gasteiger partial charge < -0.3 is 14.8 Å². The number of sulfonamides is 1. The lowest BCUT2D eigenvalue weighted by Crippen LogP contribution is -2.23. The van der Waals surface area contributed by atoms with Crippen molar-refractivity contribution in [2.75, 3.05) is 19.0 Å². The third kappa shape index (κ3) is 6.21. The largest absolute Gasteiger partial charge is 0.495 e. The summed E-state index contributed by atoms with van der Waals surface area (Å²) in [5.74, 6) is 0.298. The predicted molar refractivity (Wildman–Crippen MR) is 119 cm³/mol. The Balaban J connectivity index is 1.60. The maximum atomic E-state index is 12.5. The average Bonchev–Trinajstić information content (AvgIpc) is 2.78. The number of para-hydroxylation sites is 2. The maximum absolute atomic E-state index is 12.5. The van der Waals surface area contributed by atoms with Gasteiger partial charge in [0.2, 0.25) is 10.0 Å². The van der Waals surface area contributed by atoms with E-state index in [0.29, 0.717) is 11.4 Å². The molecule has 0 bridgehead atoms. The quantitative estimate of drug-likeness (QED) is 0.506. The van der Waals surface area contributed by atoms with Crippen molar-refractivity contribution in [2.45, 2.75) is 11.4 Å². The van der Waals surface area contributed by atoms with Crippen molar-refractivity contribution in [3.05, 3.63) is 83.4 Å². The minimum Gasteiger partial charge on any atom is -0.495 e. The molecule has 3 aromatic rings. The molecule has 0 fully saturated rings. The zero-order valence-corrected chi connectivity index (χ0v) is 18.2. The first kappa shape index (κ1) is 22.6. The molecule has 2 N–H and O–H groups in total. The fourth-order valence-electron chi connectivity index (χ4n) is 2.70. The fraction of sp³-hybridized carbons (Fsp3) is 0.136. The number of carbonyl (C=O) groups is 1. The van der Waals surface area contributed by atoms with Crippen LogP contribution in [0.5, 0.6) is 11.5 Å². The van der Waals surface area contributed by atoms with Crippen LogP contribution in [0.2, 0.25) is 5.02 Å². The van der Waals surface area contributed by atoms with Crippen molar-refractivity contribution in [3.63, 3.8) is 0 Å². The molecule has 3 rings (SSSR count). The standard InChI is InChI=1S/C22H21ClN2O5S/c1-29-21-10-6-5-9-19(21)25-22(26)15-30-20-12-11-17(13-18(20)23)31(27,28)24-14-16-7-3-2-4-8-16/h2-13,24H,14-15H2,1H3,(H,25,26). The van der Waals surface area contributed by atoms with E-state index < -0.39 is 15.9 Å². The lowest BCUT2D eigenvalue weighted by atomic mass is 10.2. The van der Waals surface area contributed by atoms with E-state index in [1.807, 2.05) is 30.3 Å². The summed E-state index contributed by atoms with van der Waals surface area (Å²) in [5, 5.41) is 2.76. The molecule has 0 aliphatic carbocycles. The van der Waals surface area contributed by atoms with Crippen molar-refractivity contribution in [2.24, 2.45) is 0 Å². The number of amides is 1. The third-order valence-electron chi connectivity index (χ3n) is 4.26. The van der Waals surface area contributed by atoms with Gasteiger partial charge in [0, 0.05) is 6.54 Å². The van der Waals surface area contributed by atoms with E-state index in [2.05, 4.69) is 10.0 Å². The number of rotatable bonds is 9. The minimum atomic E-state index is -3.76. The molecule has 31 heavy (non-hydrogen) atoms. The van der Waals surface area contributed by atoms with Gasteiger partial charge in [-0.25, -0.2) is 13.1 Å². The number of nitrogens with one attached hydrogen (secondary N) is 2. The molecule has 0 aliphatic rings. The van der Waals surface area contributed by atoms with E-state index in [4.69, 9.17) is 21.1 Å². The first-order valence-corrected chi connectivity index (χ1v) is 11.1. The number of anilines is 1. The van der Waals surface area contributed by atoms with Crippen LogP contribution in [0.1, 0.15) is 5.56 Å². The molecule has 0 aliphatic heterocycles. The smallest absolute Gasteiger partial charge is 0.262 e. The third-order valence-corrected chi connectivity index (χ3v) is 5.96. The van der Waals surface area contributed by atoms with Crippen molar-refractivity contribution in [1.29, 1.82) is 0 Å². The first-order chi connectivity index (χ1) is 14.9. The molecule has 0 saturated carbocycles. The number of ether oxygens (including phenoxy) is 2. The molecule has 0 spiro atoms. The Morgan fingerprint density at radius 2 is 1.68 bits per heavy atom. The number of halogens is 1. The Labute approximate surface area is 186 Å². The molecule has 0 saturated heterocycles. The van der Waals surface area contributed by atoms with Crippen LogP contribution >= 0.6 is 11.6 Å². The van der Waals surface area contributed by atoms with Crippen LogP contribution in [0, 0.1) is 0 Å². The fourth-order valence-corrected chi connectivity index (χ4v) is 4.04. The zero-order chi connectivity index (χ0) is 22.3. The van der Waals surface area contributed by atoms with Gasteiger partial charge in [-0.1, -0.05) is 54.1 Å². The number of carbonyl (C=O) groups excluding carboxylic acids is 1. The highest BCUT2D eigenvalue weighted by Gasteiger charge is 2.17. The second kappa shape index (κ2) is 10.3. The van der Waals surface area contributed by atoms with Crippen LogP contribution in [-0.4, -0.2) is 28.0 Å². The number of methoxy groups -OCH3 is 1. The number of hydrogen-bond acceptors (Lipinski definition) is 5. The summed E-state index contributed by atoms with van der Waals surface area (Å²) in [5.41, 5.74) is 1.34. The molecular weight excluding hydrogens is 440 g/mol. The number of benzene rings is 3. The van der Waals surface area contributed by atoms with Gasteiger partial charge in [0.05, 0.1) is 22.7 Å². The second-order valence-electron chi connectivity index (χ2n) is 6.44. The monoisotopic (exact) mass is 460 g/mol. The Morgan fingerprint density at radius 3 is 2.39 bits per heavy atom. The van der Waals surface area contributed by atoms with Crippen LogP contribution in [0.25, 0.3) is 0 Å². The highest BCUT2D eigenvalue weighted by atomic mass is 35.5. The van der Waals surface area contributed by atoms with Gasteiger partial charge in [-0.2, -0.15) is 0 Å². The first-order valence-electron chi connectivity index (χ1n) is 9.28.